The van der Waals surface area contributed by atoms with Crippen LogP contribution in [0.15, 0.2) is 0 Å². The van der Waals surface area contributed by atoms with Gasteiger partial charge in [-0.1, -0.05) is 20.3 Å². The Morgan fingerprint density at radius 3 is 2.67 bits per heavy atom. The molecule has 0 spiro atoms. The lowest BCUT2D eigenvalue weighted by Gasteiger charge is -2.11. The Bertz CT molecular complexity index is 141. The number of hydrogen-bond acceptors (Lipinski definition) is 3. The topological polar surface area (TPSA) is 63.3 Å². The smallest absolute Gasteiger partial charge is 0.321 e. The molecule has 0 aliphatic heterocycles. The molecule has 12 heavy (non-hydrogen) atoms. The van der Waals surface area contributed by atoms with E-state index in [9.17, 15) is 4.79 Å². The molecular formula is C8H17NO2S. The Labute approximate surface area is 77.7 Å². The van der Waals surface area contributed by atoms with Gasteiger partial charge in [0, 0.05) is 11.0 Å². The van der Waals surface area contributed by atoms with Crippen molar-refractivity contribution in [2.24, 2.45) is 5.73 Å². The molecule has 0 radical (unpaired) electrons. The fraction of sp³-hybridized carbons (Fsp3) is 0.875. The van der Waals surface area contributed by atoms with Crippen molar-refractivity contribution >= 4 is 17.7 Å². The van der Waals surface area contributed by atoms with Gasteiger partial charge in [-0.05, 0) is 6.42 Å². The number of carboxylic acids is 1. The minimum absolute atomic E-state index is 0.510. The predicted octanol–water partition coefficient (Wildman–Crippen LogP) is 1.32. The summed E-state index contributed by atoms with van der Waals surface area (Å²) in [6.07, 6.45) is 2.26. The SMILES string of the molecule is CCCC(C)SCC(N)C(=O)O. The molecule has 0 bridgehead atoms. The first-order chi connectivity index (χ1) is 5.57. The Balaban J connectivity index is 3.46. The molecule has 0 saturated carbocycles. The van der Waals surface area contributed by atoms with Crippen molar-refractivity contribution in [3.63, 3.8) is 0 Å². The molecule has 0 aromatic heterocycles. The number of nitrogens with two attached hydrogens (primary N) is 1. The van der Waals surface area contributed by atoms with Crippen LogP contribution in [-0.2, 0) is 4.79 Å². The summed E-state index contributed by atoms with van der Waals surface area (Å²) in [6.45, 7) is 4.22. The second-order valence-corrected chi connectivity index (χ2v) is 4.35. The molecule has 72 valence electrons. The van der Waals surface area contributed by atoms with E-state index in [1.54, 1.807) is 11.8 Å². The Hall–Kier alpha value is -0.220. The fourth-order valence-corrected chi connectivity index (χ4v) is 1.91. The Morgan fingerprint density at radius 1 is 1.67 bits per heavy atom. The highest BCUT2D eigenvalue weighted by Crippen LogP contribution is 2.15. The van der Waals surface area contributed by atoms with E-state index in [-0.39, 0.29) is 0 Å². The summed E-state index contributed by atoms with van der Waals surface area (Å²) in [6, 6.07) is -0.714. The Kier molecular flexibility index (Phi) is 6.20. The molecule has 0 aromatic carbocycles. The molecule has 4 heteroatoms. The summed E-state index contributed by atoms with van der Waals surface area (Å²) < 4.78 is 0. The summed E-state index contributed by atoms with van der Waals surface area (Å²) in [7, 11) is 0. The van der Waals surface area contributed by atoms with Crippen molar-refractivity contribution in [3.8, 4) is 0 Å². The van der Waals surface area contributed by atoms with Crippen LogP contribution < -0.4 is 5.73 Å². The van der Waals surface area contributed by atoms with Crippen molar-refractivity contribution in [1.82, 2.24) is 0 Å². The highest BCUT2D eigenvalue weighted by Gasteiger charge is 2.12. The van der Waals surface area contributed by atoms with Crippen LogP contribution in [0.25, 0.3) is 0 Å². The minimum Gasteiger partial charge on any atom is -0.480 e. The van der Waals surface area contributed by atoms with Gasteiger partial charge in [0.1, 0.15) is 6.04 Å². The third-order valence-electron chi connectivity index (χ3n) is 1.57. The largest absolute Gasteiger partial charge is 0.480 e. The first kappa shape index (κ1) is 11.8. The zero-order chi connectivity index (χ0) is 9.56. The summed E-state index contributed by atoms with van der Waals surface area (Å²) in [5.74, 6) is -0.401. The van der Waals surface area contributed by atoms with Gasteiger partial charge in [-0.3, -0.25) is 4.79 Å². The summed E-state index contributed by atoms with van der Waals surface area (Å²) in [4.78, 5) is 10.3. The lowest BCUT2D eigenvalue weighted by molar-refractivity contribution is -0.137. The summed E-state index contributed by atoms with van der Waals surface area (Å²) >= 11 is 1.63. The van der Waals surface area contributed by atoms with E-state index >= 15 is 0 Å². The van der Waals surface area contributed by atoms with Crippen molar-refractivity contribution in [2.45, 2.75) is 38.0 Å². The number of rotatable bonds is 6. The normalized spacial score (nSPS) is 15.6. The first-order valence-electron chi connectivity index (χ1n) is 4.18. The van der Waals surface area contributed by atoms with Gasteiger partial charge in [-0.2, -0.15) is 11.8 Å². The van der Waals surface area contributed by atoms with Gasteiger partial charge in [0.25, 0.3) is 0 Å². The molecule has 0 aliphatic rings. The van der Waals surface area contributed by atoms with Crippen LogP contribution in [0.4, 0.5) is 0 Å². The van der Waals surface area contributed by atoms with Crippen molar-refractivity contribution in [1.29, 1.82) is 0 Å². The summed E-state index contributed by atoms with van der Waals surface area (Å²) in [5.41, 5.74) is 5.34. The van der Waals surface area contributed by atoms with Gasteiger partial charge in [-0.25, -0.2) is 0 Å². The maximum absolute atomic E-state index is 10.3. The van der Waals surface area contributed by atoms with Crippen LogP contribution >= 0.6 is 11.8 Å². The van der Waals surface area contributed by atoms with Crippen LogP contribution in [0.3, 0.4) is 0 Å². The highest BCUT2D eigenvalue weighted by molar-refractivity contribution is 7.99. The number of aliphatic carboxylic acids is 1. The van der Waals surface area contributed by atoms with E-state index in [1.807, 2.05) is 0 Å². The zero-order valence-electron chi connectivity index (χ0n) is 7.62. The second-order valence-electron chi connectivity index (χ2n) is 2.88. The predicted molar refractivity (Wildman–Crippen MR) is 52.4 cm³/mol. The standard InChI is InChI=1S/C8H17NO2S/c1-3-4-6(2)12-5-7(9)8(10)11/h6-7H,3-5,9H2,1-2H3,(H,10,11). The number of thioether (sulfide) groups is 1. The van der Waals surface area contributed by atoms with Crippen molar-refractivity contribution < 1.29 is 9.90 Å². The molecular weight excluding hydrogens is 174 g/mol. The molecule has 0 rings (SSSR count). The third-order valence-corrected chi connectivity index (χ3v) is 2.93. The van der Waals surface area contributed by atoms with Gasteiger partial charge in [0.15, 0.2) is 0 Å². The molecule has 0 aromatic rings. The fourth-order valence-electron chi connectivity index (χ4n) is 0.829. The lowest BCUT2D eigenvalue weighted by Crippen LogP contribution is -2.33. The third kappa shape index (κ3) is 5.43. The van der Waals surface area contributed by atoms with E-state index in [4.69, 9.17) is 10.8 Å². The van der Waals surface area contributed by atoms with Crippen LogP contribution in [0.5, 0.6) is 0 Å². The van der Waals surface area contributed by atoms with Crippen LogP contribution in [0.2, 0.25) is 0 Å². The molecule has 0 fully saturated rings. The minimum atomic E-state index is -0.911. The van der Waals surface area contributed by atoms with E-state index in [1.165, 1.54) is 0 Å². The first-order valence-corrected chi connectivity index (χ1v) is 5.22. The van der Waals surface area contributed by atoms with Gasteiger partial charge in [0.2, 0.25) is 0 Å². The van der Waals surface area contributed by atoms with E-state index in [2.05, 4.69) is 13.8 Å². The van der Waals surface area contributed by atoms with Gasteiger partial charge >= 0.3 is 5.97 Å². The van der Waals surface area contributed by atoms with Crippen LogP contribution in [0.1, 0.15) is 26.7 Å². The highest BCUT2D eigenvalue weighted by atomic mass is 32.2. The quantitative estimate of drug-likeness (QED) is 0.664. The molecule has 3 nitrogen and oxygen atoms in total. The van der Waals surface area contributed by atoms with Gasteiger partial charge in [-0.15, -0.1) is 0 Å². The van der Waals surface area contributed by atoms with Gasteiger partial charge in [0.05, 0.1) is 0 Å². The molecule has 2 unspecified atom stereocenters. The molecule has 0 aliphatic carbocycles. The number of carbonyl (C=O) groups is 1. The molecule has 0 amide bonds. The van der Waals surface area contributed by atoms with E-state index in [0.29, 0.717) is 11.0 Å². The lowest BCUT2D eigenvalue weighted by atomic mass is 10.3. The number of hydrogen-bond donors (Lipinski definition) is 2. The summed E-state index contributed by atoms with van der Waals surface area (Å²) in [5, 5.41) is 9.00. The van der Waals surface area contributed by atoms with Gasteiger partial charge < -0.3 is 10.8 Å². The zero-order valence-corrected chi connectivity index (χ0v) is 8.43. The maximum Gasteiger partial charge on any atom is 0.321 e. The van der Waals surface area contributed by atoms with Crippen LogP contribution in [0, 0.1) is 0 Å². The van der Waals surface area contributed by atoms with E-state index in [0.717, 1.165) is 12.8 Å². The average Bonchev–Trinajstić information content (AvgIpc) is 2.00. The van der Waals surface area contributed by atoms with Crippen molar-refractivity contribution in [2.75, 3.05) is 5.75 Å². The monoisotopic (exact) mass is 191 g/mol. The maximum atomic E-state index is 10.3. The van der Waals surface area contributed by atoms with Crippen molar-refractivity contribution in [3.05, 3.63) is 0 Å². The van der Waals surface area contributed by atoms with Crippen LogP contribution in [-0.4, -0.2) is 28.1 Å². The molecule has 2 atom stereocenters. The number of carboxylic acid groups (broad SMARTS) is 1. The molecule has 3 N–H and O–H groups in total. The average molecular weight is 191 g/mol. The van der Waals surface area contributed by atoms with E-state index < -0.39 is 12.0 Å². The molecule has 0 saturated heterocycles. The second kappa shape index (κ2) is 6.31. The molecule has 0 heterocycles. The Morgan fingerprint density at radius 2 is 2.25 bits per heavy atom.